The van der Waals surface area contributed by atoms with Gasteiger partial charge >= 0.3 is 6.18 Å². The molecule has 1 saturated heterocycles. The van der Waals surface area contributed by atoms with Crippen molar-refractivity contribution >= 4 is 24.1 Å². The van der Waals surface area contributed by atoms with Crippen LogP contribution >= 0.6 is 0 Å². The number of hydrogen-bond donors (Lipinski definition) is 3. The van der Waals surface area contributed by atoms with Crippen molar-refractivity contribution < 1.29 is 23.1 Å². The number of aliphatic hydroxyl groups excluding tert-OH is 1. The monoisotopic (exact) mass is 506 g/mol. The summed E-state index contributed by atoms with van der Waals surface area (Å²) in [4.78, 5) is 18.9. The van der Waals surface area contributed by atoms with E-state index in [1.807, 2.05) is 0 Å². The lowest BCUT2D eigenvalue weighted by Crippen LogP contribution is -2.44. The molecule has 2 fully saturated rings. The molecule has 0 bridgehead atoms. The van der Waals surface area contributed by atoms with Gasteiger partial charge in [-0.3, -0.25) is 9.48 Å². The minimum Gasteiger partial charge on any atom is -0.379 e. The zero-order chi connectivity index (χ0) is 25.9. The average Bonchev–Trinajstić information content (AvgIpc) is 3.28. The van der Waals surface area contributed by atoms with Crippen LogP contribution in [0.1, 0.15) is 66.6 Å². The Labute approximate surface area is 208 Å². The highest BCUT2D eigenvalue weighted by Gasteiger charge is 2.39. The molecule has 1 amide bonds. The third kappa shape index (κ3) is 5.89. The number of carbonyl (C=O) groups is 1. The van der Waals surface area contributed by atoms with E-state index in [2.05, 4.69) is 27.0 Å². The lowest BCUT2D eigenvalue weighted by Gasteiger charge is -2.42. The number of nitrogens with two attached hydrogens (primary N) is 1. The molecule has 11 heteroatoms. The van der Waals surface area contributed by atoms with Crippen LogP contribution in [0.15, 0.2) is 35.5 Å². The molecule has 196 valence electrons. The first-order chi connectivity index (χ1) is 17.2. The van der Waals surface area contributed by atoms with Gasteiger partial charge in [-0.15, -0.1) is 0 Å². The first-order valence-electron chi connectivity index (χ1n) is 12.3. The minimum absolute atomic E-state index is 0.0227. The normalized spacial score (nSPS) is 24.3. The van der Waals surface area contributed by atoms with E-state index in [-0.39, 0.29) is 28.9 Å². The summed E-state index contributed by atoms with van der Waals surface area (Å²) in [5, 5.41) is 17.0. The van der Waals surface area contributed by atoms with Crippen molar-refractivity contribution in [2.75, 3.05) is 25.0 Å². The molecule has 2 heterocycles. The van der Waals surface area contributed by atoms with Crippen LogP contribution in [-0.4, -0.2) is 64.3 Å². The fourth-order valence-electron chi connectivity index (χ4n) is 5.46. The van der Waals surface area contributed by atoms with Gasteiger partial charge in [0.1, 0.15) is 5.56 Å². The summed E-state index contributed by atoms with van der Waals surface area (Å²) in [6, 6.07) is 5.66. The number of anilines is 2. The first-order valence-corrected chi connectivity index (χ1v) is 12.3. The summed E-state index contributed by atoms with van der Waals surface area (Å²) in [7, 11) is 0. The molecule has 1 aromatic heterocycles. The number of aliphatic imine (C=N–C) groups is 1. The van der Waals surface area contributed by atoms with Crippen molar-refractivity contribution in [2.45, 2.75) is 62.9 Å². The lowest BCUT2D eigenvalue weighted by molar-refractivity contribution is -0.206. The summed E-state index contributed by atoms with van der Waals surface area (Å²) in [6.07, 6.45) is 0.941. The van der Waals surface area contributed by atoms with Crippen LogP contribution in [0.5, 0.6) is 0 Å². The van der Waals surface area contributed by atoms with Gasteiger partial charge in [-0.2, -0.15) is 18.3 Å². The summed E-state index contributed by atoms with van der Waals surface area (Å²) in [5.41, 5.74) is 5.94. The number of alkyl halides is 3. The van der Waals surface area contributed by atoms with Gasteiger partial charge in [0.25, 0.3) is 5.91 Å². The topological polar surface area (TPSA) is 109 Å². The van der Waals surface area contributed by atoms with Gasteiger partial charge < -0.3 is 26.0 Å². The number of rotatable bonds is 8. The Morgan fingerprint density at radius 2 is 1.92 bits per heavy atom. The number of hydrogen-bond acceptors (Lipinski definition) is 6. The van der Waals surface area contributed by atoms with Gasteiger partial charge in [0.05, 0.1) is 6.04 Å². The fraction of sp³-hybridized carbons (Fsp3) is 0.560. The number of carbonyl (C=O) groups excluding carboxylic acids is 1. The third-order valence-corrected chi connectivity index (χ3v) is 7.32. The van der Waals surface area contributed by atoms with Gasteiger partial charge in [-0.1, -0.05) is 18.6 Å². The fourth-order valence-corrected chi connectivity index (χ4v) is 5.46. The summed E-state index contributed by atoms with van der Waals surface area (Å²) in [5.74, 6) is -0.219. The maximum Gasteiger partial charge on any atom is 0.418 e. The molecule has 0 radical (unpaired) electrons. The van der Waals surface area contributed by atoms with E-state index in [0.29, 0.717) is 18.3 Å². The SMILES string of the molecule is C=NCC1CC(N2CCCCC2)CCC1n1cc(C(N)=O)c(Nc2ccc(C(O)C(F)(F)F)cc2)n1. The van der Waals surface area contributed by atoms with E-state index in [9.17, 15) is 23.1 Å². The van der Waals surface area contributed by atoms with Crippen molar-refractivity contribution in [3.05, 3.63) is 41.6 Å². The molecule has 2 aliphatic rings. The lowest BCUT2D eigenvalue weighted by atomic mass is 9.80. The Balaban J connectivity index is 1.52. The quantitative estimate of drug-likeness (QED) is 0.465. The standard InChI is InChI=1S/C25H33F3N6O2/c1-30-14-17-13-19(33-11-3-2-4-12-33)9-10-21(17)34-15-20(23(29)36)24(32-34)31-18-7-5-16(6-8-18)22(35)25(26,27)28/h5-8,15,17,19,21-22,35H,1-4,9-14H2,(H2,29,36)(H,31,32). The zero-order valence-electron chi connectivity index (χ0n) is 20.1. The number of likely N-dealkylation sites (tertiary alicyclic amines) is 1. The molecule has 1 aromatic carbocycles. The van der Waals surface area contributed by atoms with Crippen LogP contribution in [0.2, 0.25) is 0 Å². The largest absolute Gasteiger partial charge is 0.418 e. The second kappa shape index (κ2) is 11.0. The summed E-state index contributed by atoms with van der Waals surface area (Å²) >= 11 is 0. The number of primary amides is 1. The minimum atomic E-state index is -4.75. The Morgan fingerprint density at radius 3 is 2.53 bits per heavy atom. The van der Waals surface area contributed by atoms with Crippen LogP contribution in [0, 0.1) is 5.92 Å². The summed E-state index contributed by atoms with van der Waals surface area (Å²) < 4.78 is 40.1. The van der Waals surface area contributed by atoms with Crippen LogP contribution in [0.25, 0.3) is 0 Å². The average molecular weight is 507 g/mol. The van der Waals surface area contributed by atoms with E-state index in [1.54, 1.807) is 10.9 Å². The predicted molar refractivity (Wildman–Crippen MR) is 131 cm³/mol. The number of nitrogens with zero attached hydrogens (tertiary/aromatic N) is 4. The number of benzene rings is 1. The van der Waals surface area contributed by atoms with Crippen molar-refractivity contribution in [1.82, 2.24) is 14.7 Å². The molecule has 4 atom stereocenters. The van der Waals surface area contributed by atoms with E-state index in [0.717, 1.165) is 32.4 Å². The van der Waals surface area contributed by atoms with Gasteiger partial charge in [0.15, 0.2) is 11.9 Å². The van der Waals surface area contributed by atoms with E-state index in [1.165, 1.54) is 43.5 Å². The number of piperidine rings is 1. The highest BCUT2D eigenvalue weighted by molar-refractivity contribution is 5.98. The van der Waals surface area contributed by atoms with Crippen LogP contribution in [0.3, 0.4) is 0 Å². The van der Waals surface area contributed by atoms with Crippen LogP contribution < -0.4 is 11.1 Å². The Hall–Kier alpha value is -2.92. The molecule has 36 heavy (non-hydrogen) atoms. The van der Waals surface area contributed by atoms with Crippen molar-refractivity contribution in [3.8, 4) is 0 Å². The maximum absolute atomic E-state index is 12.8. The first kappa shape index (κ1) is 26.2. The van der Waals surface area contributed by atoms with Gasteiger partial charge in [0.2, 0.25) is 0 Å². The van der Waals surface area contributed by atoms with Gasteiger partial charge in [-0.25, -0.2) is 0 Å². The van der Waals surface area contributed by atoms with Crippen LogP contribution in [0.4, 0.5) is 24.7 Å². The molecule has 2 aromatic rings. The van der Waals surface area contributed by atoms with E-state index >= 15 is 0 Å². The second-order valence-electron chi connectivity index (χ2n) is 9.72. The third-order valence-electron chi connectivity index (χ3n) is 7.32. The van der Waals surface area contributed by atoms with Crippen molar-refractivity contribution in [3.63, 3.8) is 0 Å². The molecular formula is C25H33F3N6O2. The smallest absolute Gasteiger partial charge is 0.379 e. The molecule has 4 N–H and O–H groups in total. The molecule has 0 spiro atoms. The predicted octanol–water partition coefficient (Wildman–Crippen LogP) is 4.22. The number of amides is 1. The van der Waals surface area contributed by atoms with Crippen LogP contribution in [-0.2, 0) is 0 Å². The molecule has 4 unspecified atom stereocenters. The van der Waals surface area contributed by atoms with Gasteiger partial charge in [0, 0.05) is 30.4 Å². The summed E-state index contributed by atoms with van der Waals surface area (Å²) in [6.45, 7) is 6.54. The molecule has 1 aliphatic carbocycles. The van der Waals surface area contributed by atoms with E-state index in [4.69, 9.17) is 5.73 Å². The molecule has 1 saturated carbocycles. The zero-order valence-corrected chi connectivity index (χ0v) is 20.1. The molecule has 8 nitrogen and oxygen atoms in total. The Bertz CT molecular complexity index is 1050. The van der Waals surface area contributed by atoms with E-state index < -0.39 is 18.2 Å². The second-order valence-corrected chi connectivity index (χ2v) is 9.72. The Morgan fingerprint density at radius 1 is 1.22 bits per heavy atom. The number of aromatic nitrogens is 2. The Kier molecular flexibility index (Phi) is 7.99. The highest BCUT2D eigenvalue weighted by Crippen LogP contribution is 2.38. The van der Waals surface area contributed by atoms with Crippen molar-refractivity contribution in [2.24, 2.45) is 16.6 Å². The molecular weight excluding hydrogens is 473 g/mol. The maximum atomic E-state index is 12.8. The molecule has 4 rings (SSSR count). The number of aliphatic hydroxyl groups is 1. The number of nitrogens with one attached hydrogen (secondary N) is 1. The highest BCUT2D eigenvalue weighted by atomic mass is 19.4. The molecule has 1 aliphatic heterocycles. The van der Waals surface area contributed by atoms with Gasteiger partial charge in [-0.05, 0) is 69.6 Å². The number of halogens is 3. The van der Waals surface area contributed by atoms with Crippen molar-refractivity contribution in [1.29, 1.82) is 0 Å².